The fourth-order valence-electron chi connectivity index (χ4n) is 3.54. The summed E-state index contributed by atoms with van der Waals surface area (Å²) in [4.78, 5) is 11.8. The molecule has 0 radical (unpaired) electrons. The highest BCUT2D eigenvalue weighted by Crippen LogP contribution is 2.49. The van der Waals surface area contributed by atoms with Crippen molar-refractivity contribution < 1.29 is 15.0 Å². The van der Waals surface area contributed by atoms with E-state index in [-0.39, 0.29) is 17.9 Å². The predicted molar refractivity (Wildman–Crippen MR) is 81.4 cm³/mol. The molecule has 0 heterocycles. The molecule has 2 N–H and O–H groups in total. The van der Waals surface area contributed by atoms with Crippen molar-refractivity contribution in [1.29, 1.82) is 0 Å². The van der Waals surface area contributed by atoms with Gasteiger partial charge in [-0.15, -0.1) is 0 Å². The highest BCUT2D eigenvalue weighted by atomic mass is 16.3. The van der Waals surface area contributed by atoms with Crippen molar-refractivity contribution in [2.75, 3.05) is 6.61 Å². The first-order valence-corrected chi connectivity index (χ1v) is 8.10. The van der Waals surface area contributed by atoms with Crippen LogP contribution in [-0.2, 0) is 4.79 Å². The molecule has 0 unspecified atom stereocenters. The van der Waals surface area contributed by atoms with Gasteiger partial charge in [-0.2, -0.15) is 0 Å². The first kappa shape index (κ1) is 17.6. The van der Waals surface area contributed by atoms with Crippen LogP contribution in [0, 0.1) is 23.2 Å². The molecule has 0 aliphatic heterocycles. The zero-order valence-electron chi connectivity index (χ0n) is 13.6. The van der Waals surface area contributed by atoms with Gasteiger partial charge in [-0.25, -0.2) is 0 Å². The molecule has 1 saturated carbocycles. The minimum atomic E-state index is -0.692. The number of rotatable bonds is 7. The van der Waals surface area contributed by atoms with Gasteiger partial charge in [-0.3, -0.25) is 4.79 Å². The largest absolute Gasteiger partial charge is 0.394 e. The van der Waals surface area contributed by atoms with Crippen molar-refractivity contribution in [1.82, 2.24) is 0 Å². The van der Waals surface area contributed by atoms with Gasteiger partial charge in [-0.1, -0.05) is 34.1 Å². The number of Topliss-reactive ketones (excluding diaryl/α,β-unsaturated/α-hetero) is 1. The van der Waals surface area contributed by atoms with Gasteiger partial charge in [0.15, 0.2) is 0 Å². The van der Waals surface area contributed by atoms with E-state index >= 15 is 0 Å². The summed E-state index contributed by atoms with van der Waals surface area (Å²) >= 11 is 0. The van der Waals surface area contributed by atoms with Crippen LogP contribution in [0.2, 0.25) is 0 Å². The number of hydrogen-bond donors (Lipinski definition) is 2. The van der Waals surface area contributed by atoms with Crippen LogP contribution in [0.15, 0.2) is 0 Å². The third kappa shape index (κ3) is 4.56. The lowest BCUT2D eigenvalue weighted by atomic mass is 9.58. The Morgan fingerprint density at radius 2 is 1.95 bits per heavy atom. The molecule has 4 atom stereocenters. The summed E-state index contributed by atoms with van der Waals surface area (Å²) in [5.41, 5.74) is 0.110. The van der Waals surface area contributed by atoms with Crippen LogP contribution in [-0.4, -0.2) is 28.7 Å². The molecule has 0 aromatic rings. The SMILES string of the molecule is CC(C)CC[C@@H](C)[C@@]1(C)CCC(=O)C[C@H]1C[C@@H](O)CO. The summed E-state index contributed by atoms with van der Waals surface area (Å²) in [6, 6.07) is 0. The molecule has 0 amide bonds. The lowest BCUT2D eigenvalue weighted by Gasteiger charge is -2.46. The third-order valence-corrected chi connectivity index (χ3v) is 5.42. The molecule has 1 rings (SSSR count). The van der Waals surface area contributed by atoms with Crippen molar-refractivity contribution in [2.24, 2.45) is 23.2 Å². The fourth-order valence-corrected chi connectivity index (χ4v) is 3.54. The second-order valence-corrected chi connectivity index (χ2v) is 7.39. The highest BCUT2D eigenvalue weighted by molar-refractivity contribution is 5.79. The van der Waals surface area contributed by atoms with Gasteiger partial charge in [0, 0.05) is 12.8 Å². The van der Waals surface area contributed by atoms with E-state index in [0.29, 0.717) is 36.9 Å². The van der Waals surface area contributed by atoms with E-state index < -0.39 is 6.10 Å². The van der Waals surface area contributed by atoms with Crippen LogP contribution < -0.4 is 0 Å². The van der Waals surface area contributed by atoms with Gasteiger partial charge in [0.2, 0.25) is 0 Å². The Kier molecular flexibility index (Phi) is 6.67. The van der Waals surface area contributed by atoms with E-state index in [0.717, 1.165) is 6.42 Å². The molecule has 20 heavy (non-hydrogen) atoms. The van der Waals surface area contributed by atoms with Crippen LogP contribution in [0.5, 0.6) is 0 Å². The molecule has 0 aromatic heterocycles. The van der Waals surface area contributed by atoms with Crippen LogP contribution in [0.1, 0.15) is 66.2 Å². The summed E-state index contributed by atoms with van der Waals surface area (Å²) in [5, 5.41) is 18.8. The summed E-state index contributed by atoms with van der Waals surface area (Å²) in [6.45, 7) is 8.84. The average molecular weight is 284 g/mol. The maximum Gasteiger partial charge on any atom is 0.133 e. The predicted octanol–water partition coefficient (Wildman–Crippen LogP) is 3.18. The first-order valence-electron chi connectivity index (χ1n) is 8.10. The molecule has 3 nitrogen and oxygen atoms in total. The van der Waals surface area contributed by atoms with Gasteiger partial charge in [0.25, 0.3) is 0 Å². The van der Waals surface area contributed by atoms with Crippen molar-refractivity contribution in [3.8, 4) is 0 Å². The van der Waals surface area contributed by atoms with Crippen LogP contribution >= 0.6 is 0 Å². The molecule has 1 fully saturated rings. The van der Waals surface area contributed by atoms with Crippen LogP contribution in [0.4, 0.5) is 0 Å². The zero-order valence-corrected chi connectivity index (χ0v) is 13.6. The minimum Gasteiger partial charge on any atom is -0.394 e. The van der Waals surface area contributed by atoms with E-state index in [4.69, 9.17) is 5.11 Å². The van der Waals surface area contributed by atoms with Gasteiger partial charge in [-0.05, 0) is 42.4 Å². The number of aliphatic hydroxyl groups excluding tert-OH is 2. The van der Waals surface area contributed by atoms with E-state index in [1.165, 1.54) is 12.8 Å². The molecule has 0 saturated heterocycles. The number of hydrogen-bond acceptors (Lipinski definition) is 3. The Morgan fingerprint density at radius 1 is 1.30 bits per heavy atom. The molecule has 1 aliphatic rings. The van der Waals surface area contributed by atoms with E-state index in [9.17, 15) is 9.90 Å². The zero-order chi connectivity index (χ0) is 15.3. The molecular weight excluding hydrogens is 252 g/mol. The Hall–Kier alpha value is -0.410. The maximum atomic E-state index is 11.8. The van der Waals surface area contributed by atoms with Crippen molar-refractivity contribution >= 4 is 5.78 Å². The smallest absolute Gasteiger partial charge is 0.133 e. The third-order valence-electron chi connectivity index (χ3n) is 5.42. The summed E-state index contributed by atoms with van der Waals surface area (Å²) in [6.07, 6.45) is 4.41. The number of carbonyl (C=O) groups excluding carboxylic acids is 1. The minimum absolute atomic E-state index is 0.110. The van der Waals surface area contributed by atoms with E-state index in [1.807, 2.05) is 0 Å². The standard InChI is InChI=1S/C17H32O3/c1-12(2)5-6-13(3)17(4)8-7-15(19)9-14(17)10-16(20)11-18/h12-14,16,18,20H,5-11H2,1-4H3/t13-,14+,16-,17-/m1/s1. The molecule has 118 valence electrons. The van der Waals surface area contributed by atoms with Gasteiger partial charge in [0.1, 0.15) is 5.78 Å². The van der Waals surface area contributed by atoms with Crippen molar-refractivity contribution in [3.05, 3.63) is 0 Å². The van der Waals surface area contributed by atoms with E-state index in [2.05, 4.69) is 27.7 Å². The Balaban J connectivity index is 2.76. The first-order chi connectivity index (χ1) is 9.29. The molecule has 3 heteroatoms. The molecular formula is C17H32O3. The average Bonchev–Trinajstić information content (AvgIpc) is 2.40. The second kappa shape index (κ2) is 7.56. The quantitative estimate of drug-likeness (QED) is 0.755. The molecule has 0 bridgehead atoms. The highest BCUT2D eigenvalue weighted by Gasteiger charge is 2.43. The number of ketones is 1. The Morgan fingerprint density at radius 3 is 2.50 bits per heavy atom. The maximum absolute atomic E-state index is 11.8. The lowest BCUT2D eigenvalue weighted by molar-refractivity contribution is -0.127. The molecule has 0 spiro atoms. The van der Waals surface area contributed by atoms with Gasteiger partial charge >= 0.3 is 0 Å². The van der Waals surface area contributed by atoms with Crippen LogP contribution in [0.25, 0.3) is 0 Å². The Labute approximate surface area is 123 Å². The summed E-state index contributed by atoms with van der Waals surface area (Å²) in [5.74, 6) is 1.77. The lowest BCUT2D eigenvalue weighted by Crippen LogP contribution is -2.41. The number of aliphatic hydroxyl groups is 2. The second-order valence-electron chi connectivity index (χ2n) is 7.39. The number of carbonyl (C=O) groups is 1. The Bertz CT molecular complexity index is 313. The summed E-state index contributed by atoms with van der Waals surface area (Å²) in [7, 11) is 0. The normalized spacial score (nSPS) is 30.6. The monoisotopic (exact) mass is 284 g/mol. The molecule has 0 aromatic carbocycles. The van der Waals surface area contributed by atoms with Crippen molar-refractivity contribution in [3.63, 3.8) is 0 Å². The van der Waals surface area contributed by atoms with Gasteiger partial charge < -0.3 is 10.2 Å². The van der Waals surface area contributed by atoms with Gasteiger partial charge in [0.05, 0.1) is 12.7 Å². The van der Waals surface area contributed by atoms with Crippen LogP contribution in [0.3, 0.4) is 0 Å². The fraction of sp³-hybridized carbons (Fsp3) is 0.941. The molecule has 1 aliphatic carbocycles. The topological polar surface area (TPSA) is 57.5 Å². The van der Waals surface area contributed by atoms with Crippen molar-refractivity contribution in [2.45, 2.75) is 72.3 Å². The van der Waals surface area contributed by atoms with E-state index in [1.54, 1.807) is 0 Å². The summed E-state index contributed by atoms with van der Waals surface area (Å²) < 4.78 is 0.